The summed E-state index contributed by atoms with van der Waals surface area (Å²) in [4.78, 5) is 36.2. The predicted molar refractivity (Wildman–Crippen MR) is 185 cm³/mol. The molecular formula is C36H30AlO6P3Zn+2. The van der Waals surface area contributed by atoms with E-state index in [1.165, 1.54) is 0 Å². The summed E-state index contributed by atoms with van der Waals surface area (Å²) in [7, 11) is -10.9. The Morgan fingerprint density at radius 2 is 0.383 bits per heavy atom. The Balaban J connectivity index is 0.000000240. The maximum absolute atomic E-state index is 12.1. The Kier molecular flexibility index (Phi) is 16.4. The van der Waals surface area contributed by atoms with Crippen LogP contribution < -0.4 is 46.5 Å². The van der Waals surface area contributed by atoms with E-state index in [4.69, 9.17) is 0 Å². The van der Waals surface area contributed by atoms with E-state index in [0.29, 0.717) is 31.8 Å². The van der Waals surface area contributed by atoms with Crippen molar-refractivity contribution in [1.82, 2.24) is 0 Å². The van der Waals surface area contributed by atoms with E-state index in [1.807, 2.05) is 0 Å². The fourth-order valence-electron chi connectivity index (χ4n) is 4.19. The molecule has 0 fully saturated rings. The second-order valence-electron chi connectivity index (χ2n) is 9.67. The van der Waals surface area contributed by atoms with Gasteiger partial charge in [-0.15, -0.1) is 0 Å². The monoisotopic (exact) mass is 742 g/mol. The summed E-state index contributed by atoms with van der Waals surface area (Å²) in [5, 5.41) is 2.15. The van der Waals surface area contributed by atoms with Crippen molar-refractivity contribution < 1.29 is 47.9 Å². The molecule has 0 aliphatic rings. The molecule has 6 aromatic carbocycles. The first-order valence-corrected chi connectivity index (χ1v) is 18.8. The van der Waals surface area contributed by atoms with Crippen LogP contribution in [0.3, 0.4) is 0 Å². The molecule has 0 saturated carbocycles. The van der Waals surface area contributed by atoms with Crippen LogP contribution in [0.2, 0.25) is 0 Å². The van der Waals surface area contributed by atoms with Crippen LogP contribution in [0.5, 0.6) is 0 Å². The van der Waals surface area contributed by atoms with Gasteiger partial charge in [-0.1, -0.05) is 182 Å². The molecule has 0 heterocycles. The average molecular weight is 744 g/mol. The molecule has 0 radical (unpaired) electrons. The van der Waals surface area contributed by atoms with E-state index in [1.54, 1.807) is 182 Å². The minimum atomic E-state index is -3.65. The third-order valence-corrected chi connectivity index (χ3v) is 12.4. The Labute approximate surface area is 299 Å². The van der Waals surface area contributed by atoms with Gasteiger partial charge in [0.25, 0.3) is 0 Å². The van der Waals surface area contributed by atoms with Crippen molar-refractivity contribution in [1.29, 1.82) is 0 Å². The summed E-state index contributed by atoms with van der Waals surface area (Å²) in [5.41, 5.74) is 0. The van der Waals surface area contributed by atoms with Gasteiger partial charge in [-0.05, 0) is 0 Å². The van der Waals surface area contributed by atoms with Crippen LogP contribution in [-0.4, -0.2) is 17.4 Å². The van der Waals surface area contributed by atoms with Crippen LogP contribution in [0.15, 0.2) is 182 Å². The molecule has 0 aliphatic carbocycles. The molecule has 0 aliphatic heterocycles. The maximum atomic E-state index is 12.1. The van der Waals surface area contributed by atoms with E-state index >= 15 is 0 Å². The van der Waals surface area contributed by atoms with E-state index in [2.05, 4.69) is 0 Å². The zero-order chi connectivity index (χ0) is 32.2. The molecule has 47 heavy (non-hydrogen) atoms. The van der Waals surface area contributed by atoms with Crippen LogP contribution in [0.4, 0.5) is 0 Å². The summed E-state index contributed by atoms with van der Waals surface area (Å²) in [6.45, 7) is 0. The zero-order valence-electron chi connectivity index (χ0n) is 25.4. The first-order chi connectivity index (χ1) is 21.6. The van der Waals surface area contributed by atoms with E-state index in [0.717, 1.165) is 0 Å². The summed E-state index contributed by atoms with van der Waals surface area (Å²) in [6, 6.07) is 50.8. The van der Waals surface area contributed by atoms with Gasteiger partial charge in [-0.3, -0.25) is 0 Å². The van der Waals surface area contributed by atoms with Gasteiger partial charge in [0.15, 0.2) is 0 Å². The van der Waals surface area contributed by atoms with Crippen LogP contribution in [0.1, 0.15) is 0 Å². The molecule has 11 heteroatoms. The normalized spacial score (nSPS) is 10.8. The average Bonchev–Trinajstić information content (AvgIpc) is 3.11. The van der Waals surface area contributed by atoms with Gasteiger partial charge in [-0.2, -0.15) is 0 Å². The Hall–Kier alpha value is -2.95. The summed E-state index contributed by atoms with van der Waals surface area (Å²) >= 11 is 0. The van der Waals surface area contributed by atoms with Gasteiger partial charge in [0, 0.05) is 31.8 Å². The molecule has 0 aromatic heterocycles. The van der Waals surface area contributed by atoms with E-state index in [-0.39, 0.29) is 36.8 Å². The van der Waals surface area contributed by atoms with Crippen molar-refractivity contribution in [2.75, 3.05) is 0 Å². The minimum absolute atomic E-state index is 0. The number of rotatable bonds is 6. The molecule has 0 amide bonds. The topological polar surface area (TPSA) is 120 Å². The van der Waals surface area contributed by atoms with Crippen LogP contribution in [0.25, 0.3) is 0 Å². The third-order valence-electron chi connectivity index (χ3n) is 6.58. The molecule has 0 unspecified atom stereocenters. The largest absolute Gasteiger partial charge is 3.00 e. The Morgan fingerprint density at radius 3 is 0.489 bits per heavy atom. The molecule has 6 rings (SSSR count). The van der Waals surface area contributed by atoms with E-state index < -0.39 is 22.1 Å². The predicted octanol–water partition coefficient (Wildman–Crippen LogP) is 3.44. The van der Waals surface area contributed by atoms with Gasteiger partial charge < -0.3 is 28.4 Å². The van der Waals surface area contributed by atoms with Gasteiger partial charge in [0.1, 0.15) is 0 Å². The molecule has 0 saturated heterocycles. The third kappa shape index (κ3) is 11.0. The van der Waals surface area contributed by atoms with Gasteiger partial charge in [0.05, 0.1) is 22.1 Å². The molecule has 6 aromatic rings. The molecule has 0 atom stereocenters. The summed E-state index contributed by atoms with van der Waals surface area (Å²) < 4.78 is 36.2. The van der Waals surface area contributed by atoms with Gasteiger partial charge >= 0.3 is 36.8 Å². The fourth-order valence-corrected chi connectivity index (χ4v) is 8.47. The summed E-state index contributed by atoms with van der Waals surface area (Å²) in [5.74, 6) is 0. The SMILES string of the molecule is O=P([O-])(c1ccccc1)c1ccccc1.O=P([O-])(c1ccccc1)c1ccccc1.O=P([O-])(c1ccccc1)c1ccccc1.[Al+3].[Zn+2]. The smallest absolute Gasteiger partial charge is 0.793 e. The molecule has 0 bridgehead atoms. The van der Waals surface area contributed by atoms with Crippen molar-refractivity contribution in [3.63, 3.8) is 0 Å². The molecule has 228 valence electrons. The molecular weight excluding hydrogens is 714 g/mol. The molecule has 6 nitrogen and oxygen atoms in total. The van der Waals surface area contributed by atoms with Gasteiger partial charge in [-0.25, -0.2) is 0 Å². The number of hydrogen-bond donors (Lipinski definition) is 0. The second-order valence-corrected chi connectivity index (χ2v) is 16.1. The van der Waals surface area contributed by atoms with Gasteiger partial charge in [0.2, 0.25) is 0 Å². The van der Waals surface area contributed by atoms with Crippen molar-refractivity contribution in [3.8, 4) is 0 Å². The standard InChI is InChI=1S/3C12H11O2P.Al.Zn/c3*13-15(14,11-7-3-1-4-8-11)12-9-5-2-6-10-12;;/h3*1-10H,(H,13,14);;/q;;;+3;+2/p-3. The van der Waals surface area contributed by atoms with Crippen LogP contribution in [0, 0.1) is 0 Å². The maximum Gasteiger partial charge on any atom is 3.00 e. The Morgan fingerprint density at radius 1 is 0.277 bits per heavy atom. The quantitative estimate of drug-likeness (QED) is 0.191. The fraction of sp³-hybridized carbons (Fsp3) is 0. The molecule has 0 N–H and O–H groups in total. The summed E-state index contributed by atoms with van der Waals surface area (Å²) in [6.07, 6.45) is 0. The van der Waals surface area contributed by atoms with Crippen molar-refractivity contribution in [2.24, 2.45) is 0 Å². The minimum Gasteiger partial charge on any atom is -0.793 e. The van der Waals surface area contributed by atoms with E-state index in [9.17, 15) is 28.4 Å². The second kappa shape index (κ2) is 19.1. The number of hydrogen-bond acceptors (Lipinski definition) is 6. The first kappa shape index (κ1) is 40.2. The van der Waals surface area contributed by atoms with Crippen LogP contribution >= 0.6 is 22.1 Å². The number of benzene rings is 6. The van der Waals surface area contributed by atoms with Crippen molar-refractivity contribution in [2.45, 2.75) is 0 Å². The Bertz CT molecular complexity index is 1550. The van der Waals surface area contributed by atoms with Crippen molar-refractivity contribution >= 4 is 71.3 Å². The first-order valence-electron chi connectivity index (χ1n) is 13.9. The van der Waals surface area contributed by atoms with Crippen LogP contribution in [-0.2, 0) is 33.2 Å². The van der Waals surface area contributed by atoms with Crippen molar-refractivity contribution in [3.05, 3.63) is 182 Å². The zero-order valence-corrected chi connectivity index (χ0v) is 32.2. The molecule has 0 spiro atoms.